The average molecular weight is 146 g/mol. The Morgan fingerprint density at radius 1 is 1.27 bits per heavy atom. The van der Waals surface area contributed by atoms with Gasteiger partial charge in [-0.25, -0.2) is 0 Å². The van der Waals surface area contributed by atoms with Crippen LogP contribution in [0.5, 0.6) is 0 Å². The van der Waals surface area contributed by atoms with Crippen LogP contribution in [-0.4, -0.2) is 0 Å². The molecular weight excluding hydrogens is 134 g/mol. The van der Waals surface area contributed by atoms with E-state index in [1.165, 1.54) is 5.56 Å². The van der Waals surface area contributed by atoms with E-state index in [-0.39, 0.29) is 0 Å². The molecule has 11 heavy (non-hydrogen) atoms. The van der Waals surface area contributed by atoms with Gasteiger partial charge in [0.1, 0.15) is 0 Å². The van der Waals surface area contributed by atoms with E-state index in [0.29, 0.717) is 0 Å². The maximum absolute atomic E-state index is 5.33. The second kappa shape index (κ2) is 3.94. The van der Waals surface area contributed by atoms with Gasteiger partial charge in [0.2, 0.25) is 0 Å². The second-order valence-corrected chi connectivity index (χ2v) is 2.40. The summed E-state index contributed by atoms with van der Waals surface area (Å²) in [6.07, 6.45) is 2.81. The van der Waals surface area contributed by atoms with Crippen molar-refractivity contribution in [1.29, 1.82) is 0 Å². The molecule has 1 nitrogen and oxygen atoms in total. The van der Waals surface area contributed by atoms with Crippen LogP contribution in [-0.2, 0) is 6.42 Å². The SMILES string of the molecule is C=CCc1ccc([CH]N)cc1. The van der Waals surface area contributed by atoms with Gasteiger partial charge >= 0.3 is 0 Å². The quantitative estimate of drug-likeness (QED) is 0.647. The number of nitrogens with two attached hydrogens (primary N) is 1. The molecular formula is C10H12N. The van der Waals surface area contributed by atoms with Gasteiger partial charge < -0.3 is 5.73 Å². The topological polar surface area (TPSA) is 26.0 Å². The minimum Gasteiger partial charge on any atom is -0.322 e. The van der Waals surface area contributed by atoms with Gasteiger partial charge in [-0.2, -0.15) is 0 Å². The van der Waals surface area contributed by atoms with E-state index < -0.39 is 0 Å². The zero-order valence-electron chi connectivity index (χ0n) is 6.46. The molecule has 57 valence electrons. The normalized spacial score (nSPS) is 9.55. The van der Waals surface area contributed by atoms with Crippen molar-refractivity contribution in [3.8, 4) is 0 Å². The van der Waals surface area contributed by atoms with Crippen LogP contribution in [0.1, 0.15) is 11.1 Å². The average Bonchev–Trinajstić information content (AvgIpc) is 2.07. The molecule has 0 spiro atoms. The monoisotopic (exact) mass is 146 g/mol. The van der Waals surface area contributed by atoms with Crippen LogP contribution in [0, 0.1) is 6.54 Å². The fraction of sp³-hybridized carbons (Fsp3) is 0.100. The molecule has 0 unspecified atom stereocenters. The van der Waals surface area contributed by atoms with Gasteiger partial charge in [-0.05, 0) is 17.5 Å². The third kappa shape index (κ3) is 2.20. The second-order valence-electron chi connectivity index (χ2n) is 2.40. The summed E-state index contributed by atoms with van der Waals surface area (Å²) in [6.45, 7) is 5.26. The van der Waals surface area contributed by atoms with Crippen LogP contribution in [0.15, 0.2) is 36.9 Å². The summed E-state index contributed by atoms with van der Waals surface area (Å²) in [5.74, 6) is 0. The van der Waals surface area contributed by atoms with Crippen LogP contribution in [0.25, 0.3) is 0 Å². The van der Waals surface area contributed by atoms with Crippen molar-refractivity contribution in [3.05, 3.63) is 54.6 Å². The van der Waals surface area contributed by atoms with Crippen LogP contribution < -0.4 is 5.73 Å². The van der Waals surface area contributed by atoms with Crippen molar-refractivity contribution < 1.29 is 0 Å². The standard InChI is InChI=1S/C10H12N/c1-2-3-9-4-6-10(8-11)7-5-9/h2,4-8H,1,3,11H2. The molecule has 0 heterocycles. The highest BCUT2D eigenvalue weighted by Gasteiger charge is 1.89. The first-order valence-corrected chi connectivity index (χ1v) is 3.61. The maximum atomic E-state index is 5.33. The minimum absolute atomic E-state index is 0.921. The lowest BCUT2D eigenvalue weighted by atomic mass is 10.1. The highest BCUT2D eigenvalue weighted by atomic mass is 14.5. The zero-order chi connectivity index (χ0) is 8.10. The van der Waals surface area contributed by atoms with Crippen LogP contribution >= 0.6 is 0 Å². The van der Waals surface area contributed by atoms with Crippen molar-refractivity contribution in [1.82, 2.24) is 0 Å². The number of hydrogen-bond acceptors (Lipinski definition) is 1. The molecule has 0 aromatic heterocycles. The largest absolute Gasteiger partial charge is 0.322 e. The molecule has 0 saturated carbocycles. The molecule has 0 aliphatic rings. The zero-order valence-corrected chi connectivity index (χ0v) is 6.46. The van der Waals surface area contributed by atoms with Crippen molar-refractivity contribution in [2.45, 2.75) is 6.42 Å². The Bertz CT molecular complexity index is 223. The van der Waals surface area contributed by atoms with Gasteiger partial charge in [0.05, 0.1) is 0 Å². The first kappa shape index (κ1) is 8.02. The summed E-state index contributed by atoms with van der Waals surface area (Å²) < 4.78 is 0. The van der Waals surface area contributed by atoms with Gasteiger partial charge in [0.15, 0.2) is 0 Å². The Kier molecular flexibility index (Phi) is 2.87. The molecule has 1 radical (unpaired) electrons. The van der Waals surface area contributed by atoms with Gasteiger partial charge in [-0.1, -0.05) is 30.3 Å². The lowest BCUT2D eigenvalue weighted by molar-refractivity contribution is 1.25. The van der Waals surface area contributed by atoms with Gasteiger partial charge in [-0.3, -0.25) is 0 Å². The van der Waals surface area contributed by atoms with Gasteiger partial charge in [0, 0.05) is 6.54 Å². The Morgan fingerprint density at radius 3 is 2.36 bits per heavy atom. The Labute approximate surface area is 67.5 Å². The summed E-state index contributed by atoms with van der Waals surface area (Å²) in [7, 11) is 0. The van der Waals surface area contributed by atoms with E-state index in [1.807, 2.05) is 18.2 Å². The minimum atomic E-state index is 0.921. The smallest absolute Gasteiger partial charge is 0.0491 e. The van der Waals surface area contributed by atoms with E-state index in [2.05, 4.69) is 18.7 Å². The van der Waals surface area contributed by atoms with Gasteiger partial charge in [-0.15, -0.1) is 6.58 Å². The first-order valence-electron chi connectivity index (χ1n) is 3.61. The lowest BCUT2D eigenvalue weighted by Crippen LogP contribution is -1.92. The predicted molar refractivity (Wildman–Crippen MR) is 47.9 cm³/mol. The van der Waals surface area contributed by atoms with E-state index in [9.17, 15) is 0 Å². The summed E-state index contributed by atoms with van der Waals surface area (Å²) >= 11 is 0. The fourth-order valence-electron chi connectivity index (χ4n) is 0.931. The maximum Gasteiger partial charge on any atom is 0.0491 e. The van der Waals surface area contributed by atoms with Crippen LogP contribution in [0.3, 0.4) is 0 Å². The fourth-order valence-corrected chi connectivity index (χ4v) is 0.931. The van der Waals surface area contributed by atoms with Crippen molar-refractivity contribution in [3.63, 3.8) is 0 Å². The van der Waals surface area contributed by atoms with Crippen molar-refractivity contribution in [2.24, 2.45) is 5.73 Å². The third-order valence-electron chi connectivity index (χ3n) is 1.55. The van der Waals surface area contributed by atoms with Crippen LogP contribution in [0.2, 0.25) is 0 Å². The molecule has 1 heteroatoms. The predicted octanol–water partition coefficient (Wildman–Crippen LogP) is 1.88. The number of benzene rings is 1. The Hall–Kier alpha value is -1.08. The van der Waals surface area contributed by atoms with Crippen LogP contribution in [0.4, 0.5) is 0 Å². The van der Waals surface area contributed by atoms with E-state index in [4.69, 9.17) is 5.73 Å². The lowest BCUT2D eigenvalue weighted by Gasteiger charge is -1.97. The van der Waals surface area contributed by atoms with E-state index in [0.717, 1.165) is 12.0 Å². The number of allylic oxidation sites excluding steroid dienone is 1. The molecule has 0 bridgehead atoms. The molecule has 1 aromatic carbocycles. The summed E-state index contributed by atoms with van der Waals surface area (Å²) in [5.41, 5.74) is 7.65. The molecule has 1 rings (SSSR count). The summed E-state index contributed by atoms with van der Waals surface area (Å²) in [4.78, 5) is 0. The molecule has 0 saturated heterocycles. The Morgan fingerprint density at radius 2 is 1.91 bits per heavy atom. The first-order chi connectivity index (χ1) is 5.36. The Balaban J connectivity index is 2.74. The number of rotatable bonds is 3. The molecule has 1 aromatic rings. The molecule has 0 aliphatic heterocycles. The molecule has 2 N–H and O–H groups in total. The highest BCUT2D eigenvalue weighted by molar-refractivity contribution is 5.27. The van der Waals surface area contributed by atoms with Crippen molar-refractivity contribution in [2.75, 3.05) is 0 Å². The highest BCUT2D eigenvalue weighted by Crippen LogP contribution is 2.04. The molecule has 0 amide bonds. The van der Waals surface area contributed by atoms with E-state index >= 15 is 0 Å². The third-order valence-corrected chi connectivity index (χ3v) is 1.55. The van der Waals surface area contributed by atoms with Crippen molar-refractivity contribution >= 4 is 0 Å². The van der Waals surface area contributed by atoms with Gasteiger partial charge in [0.25, 0.3) is 0 Å². The molecule has 0 aliphatic carbocycles. The summed E-state index contributed by atoms with van der Waals surface area (Å²) in [6, 6.07) is 8.11. The van der Waals surface area contributed by atoms with E-state index in [1.54, 1.807) is 6.54 Å². The molecule has 0 atom stereocenters. The number of hydrogen-bond donors (Lipinski definition) is 1. The summed E-state index contributed by atoms with van der Waals surface area (Å²) in [5, 5.41) is 0. The molecule has 0 fully saturated rings.